The molecule has 1 amide bonds. The van der Waals surface area contributed by atoms with Gasteiger partial charge in [-0.25, -0.2) is 0 Å². The smallest absolute Gasteiger partial charge is 0.303 e. The molecule has 0 aliphatic heterocycles. The van der Waals surface area contributed by atoms with Gasteiger partial charge in [-0.2, -0.15) is 0 Å². The second-order valence-corrected chi connectivity index (χ2v) is 6.02. The number of rotatable bonds is 16. The van der Waals surface area contributed by atoms with Crippen molar-refractivity contribution in [3.05, 3.63) is 0 Å². The number of aliphatic carboxylic acids is 1. The fraction of sp³-hybridized carbons (Fsp3) is 0.882. The van der Waals surface area contributed by atoms with Gasteiger partial charge < -0.3 is 16.2 Å². The largest absolute Gasteiger partial charge is 0.481 e. The van der Waals surface area contributed by atoms with E-state index in [2.05, 4.69) is 12.2 Å². The Kier molecular flexibility index (Phi) is 14.1. The van der Waals surface area contributed by atoms with E-state index >= 15 is 0 Å². The van der Waals surface area contributed by atoms with Crippen LogP contribution in [0.5, 0.6) is 0 Å². The van der Waals surface area contributed by atoms with Crippen molar-refractivity contribution < 1.29 is 14.7 Å². The molecule has 0 fully saturated rings. The first-order valence-electron chi connectivity index (χ1n) is 8.82. The molecule has 4 N–H and O–H groups in total. The number of hydrogen-bond donors (Lipinski definition) is 3. The topological polar surface area (TPSA) is 92.4 Å². The molecule has 0 radical (unpaired) electrons. The SMILES string of the molecule is CCCCCCCCCCCCNC(CCC(=O)O)C(N)=O. The lowest BCUT2D eigenvalue weighted by atomic mass is 10.1. The van der Waals surface area contributed by atoms with Crippen molar-refractivity contribution in [2.45, 2.75) is 90.0 Å². The van der Waals surface area contributed by atoms with Crippen molar-refractivity contribution in [1.29, 1.82) is 0 Å². The number of unbranched alkanes of at least 4 members (excludes halogenated alkanes) is 9. The minimum absolute atomic E-state index is 0.0291. The van der Waals surface area contributed by atoms with E-state index < -0.39 is 17.9 Å². The summed E-state index contributed by atoms with van der Waals surface area (Å²) in [4.78, 5) is 21.7. The molecule has 5 heteroatoms. The third kappa shape index (κ3) is 13.9. The van der Waals surface area contributed by atoms with Crippen molar-refractivity contribution >= 4 is 11.9 Å². The minimum atomic E-state index is -0.896. The predicted octanol–water partition coefficient (Wildman–Crippen LogP) is 3.22. The quantitative estimate of drug-likeness (QED) is 0.381. The normalized spacial score (nSPS) is 12.2. The Labute approximate surface area is 135 Å². The van der Waals surface area contributed by atoms with E-state index in [0.29, 0.717) is 0 Å². The summed E-state index contributed by atoms with van der Waals surface area (Å²) in [6.45, 7) is 2.96. The van der Waals surface area contributed by atoms with Crippen LogP contribution in [0, 0.1) is 0 Å². The molecule has 1 unspecified atom stereocenters. The molecule has 0 aromatic heterocycles. The van der Waals surface area contributed by atoms with Gasteiger partial charge in [0.1, 0.15) is 0 Å². The van der Waals surface area contributed by atoms with Crippen LogP contribution in [0.1, 0.15) is 84.0 Å². The maximum Gasteiger partial charge on any atom is 0.303 e. The van der Waals surface area contributed by atoms with E-state index in [9.17, 15) is 9.59 Å². The van der Waals surface area contributed by atoms with E-state index in [1.54, 1.807) is 0 Å². The van der Waals surface area contributed by atoms with Crippen molar-refractivity contribution in [1.82, 2.24) is 5.32 Å². The highest BCUT2D eigenvalue weighted by atomic mass is 16.4. The maximum atomic E-state index is 11.2. The number of amides is 1. The zero-order valence-electron chi connectivity index (χ0n) is 14.1. The molecule has 0 spiro atoms. The van der Waals surface area contributed by atoms with Crippen molar-refractivity contribution in [3.63, 3.8) is 0 Å². The van der Waals surface area contributed by atoms with Crippen LogP contribution >= 0.6 is 0 Å². The molecule has 0 heterocycles. The van der Waals surface area contributed by atoms with Gasteiger partial charge in [0.15, 0.2) is 0 Å². The lowest BCUT2D eigenvalue weighted by Crippen LogP contribution is -2.42. The Bertz CT molecular complexity index is 296. The molecule has 0 aliphatic carbocycles. The summed E-state index contributed by atoms with van der Waals surface area (Å²) in [5.74, 6) is -1.36. The lowest BCUT2D eigenvalue weighted by molar-refractivity contribution is -0.137. The molecule has 5 nitrogen and oxygen atoms in total. The summed E-state index contributed by atoms with van der Waals surface area (Å²) >= 11 is 0. The highest BCUT2D eigenvalue weighted by Crippen LogP contribution is 2.10. The Morgan fingerprint density at radius 2 is 1.45 bits per heavy atom. The summed E-state index contributed by atoms with van der Waals surface area (Å²) < 4.78 is 0. The Morgan fingerprint density at radius 3 is 1.91 bits per heavy atom. The summed E-state index contributed by atoms with van der Waals surface area (Å²) in [5, 5.41) is 11.7. The van der Waals surface area contributed by atoms with Gasteiger partial charge in [0.25, 0.3) is 0 Å². The van der Waals surface area contributed by atoms with Gasteiger partial charge in [-0.05, 0) is 19.4 Å². The zero-order chi connectivity index (χ0) is 16.6. The molecule has 130 valence electrons. The fourth-order valence-corrected chi connectivity index (χ4v) is 2.50. The van der Waals surface area contributed by atoms with E-state index in [-0.39, 0.29) is 12.8 Å². The van der Waals surface area contributed by atoms with Crippen molar-refractivity contribution in [2.75, 3.05) is 6.54 Å². The Morgan fingerprint density at radius 1 is 0.955 bits per heavy atom. The van der Waals surface area contributed by atoms with E-state index in [4.69, 9.17) is 10.8 Å². The summed E-state index contributed by atoms with van der Waals surface area (Å²) in [6.07, 6.45) is 12.9. The third-order valence-corrected chi connectivity index (χ3v) is 3.91. The molecule has 0 rings (SSSR count). The number of carboxylic acids is 1. The monoisotopic (exact) mass is 314 g/mol. The number of nitrogens with one attached hydrogen (secondary N) is 1. The zero-order valence-corrected chi connectivity index (χ0v) is 14.1. The van der Waals surface area contributed by atoms with Crippen LogP contribution in [0.3, 0.4) is 0 Å². The third-order valence-electron chi connectivity index (χ3n) is 3.91. The first-order chi connectivity index (χ1) is 10.6. The van der Waals surface area contributed by atoms with E-state index in [1.807, 2.05) is 0 Å². The molecule has 0 aromatic rings. The first-order valence-corrected chi connectivity index (χ1v) is 8.82. The van der Waals surface area contributed by atoms with Crippen LogP contribution in [0.4, 0.5) is 0 Å². The van der Waals surface area contributed by atoms with Crippen molar-refractivity contribution in [3.8, 4) is 0 Å². The van der Waals surface area contributed by atoms with Crippen LogP contribution in [0.2, 0.25) is 0 Å². The average Bonchev–Trinajstić information content (AvgIpc) is 2.47. The number of carbonyl (C=O) groups excluding carboxylic acids is 1. The number of carboxylic acid groups (broad SMARTS) is 1. The average molecular weight is 314 g/mol. The van der Waals surface area contributed by atoms with Gasteiger partial charge in [-0.3, -0.25) is 9.59 Å². The number of primary amides is 1. The van der Waals surface area contributed by atoms with Gasteiger partial charge in [-0.1, -0.05) is 64.7 Å². The molecule has 22 heavy (non-hydrogen) atoms. The Balaban J connectivity index is 3.42. The van der Waals surface area contributed by atoms with Crippen LogP contribution in [-0.4, -0.2) is 29.6 Å². The predicted molar refractivity (Wildman–Crippen MR) is 89.7 cm³/mol. The van der Waals surface area contributed by atoms with E-state index in [1.165, 1.54) is 51.4 Å². The molecule has 1 atom stereocenters. The highest BCUT2D eigenvalue weighted by Gasteiger charge is 2.15. The molecule has 0 bridgehead atoms. The second-order valence-electron chi connectivity index (χ2n) is 6.02. The standard InChI is InChI=1S/C17H34N2O3/c1-2-3-4-5-6-7-8-9-10-11-14-19-15(17(18)22)12-13-16(20)21/h15,19H,2-14H2,1H3,(H2,18,22)(H,20,21). The number of nitrogens with two attached hydrogens (primary N) is 1. The Hall–Kier alpha value is -1.10. The molecular formula is C17H34N2O3. The fourth-order valence-electron chi connectivity index (χ4n) is 2.50. The van der Waals surface area contributed by atoms with Crippen LogP contribution in [0.15, 0.2) is 0 Å². The summed E-state index contributed by atoms with van der Waals surface area (Å²) in [7, 11) is 0. The molecule has 0 saturated carbocycles. The van der Waals surface area contributed by atoms with Crippen LogP contribution in [0.25, 0.3) is 0 Å². The second kappa shape index (κ2) is 14.8. The molecule has 0 aliphatic rings. The highest BCUT2D eigenvalue weighted by molar-refractivity contribution is 5.80. The first kappa shape index (κ1) is 20.9. The minimum Gasteiger partial charge on any atom is -0.481 e. The lowest BCUT2D eigenvalue weighted by Gasteiger charge is -2.14. The number of hydrogen-bond acceptors (Lipinski definition) is 3. The van der Waals surface area contributed by atoms with Crippen molar-refractivity contribution in [2.24, 2.45) is 5.73 Å². The summed E-state index contributed by atoms with van der Waals surface area (Å²) in [5.41, 5.74) is 5.26. The van der Waals surface area contributed by atoms with Gasteiger partial charge >= 0.3 is 5.97 Å². The van der Waals surface area contributed by atoms with Gasteiger partial charge in [-0.15, -0.1) is 0 Å². The number of carbonyl (C=O) groups is 2. The van der Waals surface area contributed by atoms with Crippen LogP contribution in [-0.2, 0) is 9.59 Å². The molecule has 0 saturated heterocycles. The molecule has 0 aromatic carbocycles. The van der Waals surface area contributed by atoms with Gasteiger partial charge in [0, 0.05) is 6.42 Å². The summed E-state index contributed by atoms with van der Waals surface area (Å²) in [6, 6.07) is -0.519. The van der Waals surface area contributed by atoms with E-state index in [0.717, 1.165) is 19.4 Å². The van der Waals surface area contributed by atoms with Crippen LogP contribution < -0.4 is 11.1 Å². The molecular weight excluding hydrogens is 280 g/mol. The maximum absolute atomic E-state index is 11.2. The van der Waals surface area contributed by atoms with Gasteiger partial charge in [0.2, 0.25) is 5.91 Å². The van der Waals surface area contributed by atoms with Gasteiger partial charge in [0.05, 0.1) is 6.04 Å².